The number of ether oxygens (including phenoxy) is 4. The number of phosphoric ester groups is 2. The van der Waals surface area contributed by atoms with Gasteiger partial charge in [0.25, 0.3) is 0 Å². The molecular weight excluding hydrogens is 1350 g/mol. The molecule has 0 heterocycles. The van der Waals surface area contributed by atoms with Crippen molar-refractivity contribution in [3.63, 3.8) is 0 Å². The first-order valence-electron chi connectivity index (χ1n) is 40.1. The van der Waals surface area contributed by atoms with Crippen molar-refractivity contribution in [2.75, 3.05) is 39.6 Å². The van der Waals surface area contributed by atoms with E-state index in [-0.39, 0.29) is 25.7 Å². The summed E-state index contributed by atoms with van der Waals surface area (Å²) in [7, 11) is -10.0. The number of esters is 4. The van der Waals surface area contributed by atoms with Gasteiger partial charge < -0.3 is 33.8 Å². The largest absolute Gasteiger partial charge is 0.472 e. The molecule has 0 aromatic heterocycles. The van der Waals surface area contributed by atoms with Gasteiger partial charge in [-0.05, 0) is 148 Å². The molecule has 0 saturated carbocycles. The quantitative estimate of drug-likeness (QED) is 0.0169. The van der Waals surface area contributed by atoms with Crippen LogP contribution >= 0.6 is 15.6 Å². The summed E-state index contributed by atoms with van der Waals surface area (Å²) in [6.45, 7) is 4.51. The zero-order chi connectivity index (χ0) is 76.0. The topological polar surface area (TPSA) is 237 Å². The fourth-order valence-electron chi connectivity index (χ4n) is 10.2. The van der Waals surface area contributed by atoms with Gasteiger partial charge in [0.15, 0.2) is 12.2 Å². The molecule has 5 atom stereocenters. The average molecular weight is 1500 g/mol. The monoisotopic (exact) mass is 1500 g/mol. The molecule has 0 aliphatic rings. The van der Waals surface area contributed by atoms with E-state index in [0.717, 1.165) is 180 Å². The number of allylic oxidation sites excluding steroid dienone is 23. The molecule has 0 aliphatic carbocycles. The molecule has 104 heavy (non-hydrogen) atoms. The summed E-state index contributed by atoms with van der Waals surface area (Å²) in [6.07, 6.45) is 87.2. The molecule has 0 spiro atoms. The van der Waals surface area contributed by atoms with E-state index in [1.807, 2.05) is 12.2 Å². The van der Waals surface area contributed by atoms with E-state index < -0.39 is 97.5 Å². The molecule has 0 fully saturated rings. The number of unbranched alkanes of at least 4 members (excludes halogenated alkanes) is 25. The summed E-state index contributed by atoms with van der Waals surface area (Å²) >= 11 is 0. The van der Waals surface area contributed by atoms with Gasteiger partial charge in [-0.3, -0.25) is 37.3 Å². The Bertz CT molecular complexity index is 2540. The molecule has 0 saturated heterocycles. The SMILES string of the molecule is CC/C=C\C/C=C\C/C=C\C/C=C\C/C=C\CC(=O)OC(COC(=O)CCCCCCCC/C=C\C/C=C\C/C=C\CCCCC)COP(=O)(O)OCC(O)COP(=O)(O)OCC(COC(=O)CCCCCCCC/C=C\C/C=C\C/C=C\CCCCC)OC(=O)CCCCCCC/C=C\CCCC. The Labute approximate surface area is 630 Å². The van der Waals surface area contributed by atoms with E-state index in [9.17, 15) is 43.2 Å². The van der Waals surface area contributed by atoms with Crippen LogP contribution in [0.2, 0.25) is 0 Å². The molecule has 0 bridgehead atoms. The summed E-state index contributed by atoms with van der Waals surface area (Å²) in [5.41, 5.74) is 0. The maximum absolute atomic E-state index is 13.1. The lowest BCUT2D eigenvalue weighted by molar-refractivity contribution is -0.161. The fraction of sp³-hybridized carbons (Fsp3) is 0.671. The smallest absolute Gasteiger partial charge is 0.462 e. The van der Waals surface area contributed by atoms with Gasteiger partial charge in [-0.25, -0.2) is 9.13 Å². The number of hydrogen-bond acceptors (Lipinski definition) is 15. The van der Waals surface area contributed by atoms with Crippen LogP contribution in [0, 0.1) is 0 Å². The van der Waals surface area contributed by atoms with Crippen LogP contribution in [0.25, 0.3) is 0 Å². The number of phosphoric acid groups is 2. The maximum Gasteiger partial charge on any atom is 0.472 e. The Balaban J connectivity index is 5.40. The standard InChI is InChI=1S/C85H142O17P2/c1-5-9-13-17-21-25-29-32-35-37-39-41-44-46-50-53-57-61-65-69-82(87)95-75-80(101-84(89)71-67-63-59-55-49-28-24-20-16-12-8-4)77-99-103(91,92)97-73-79(86)74-98-104(93,94)100-78-81(102-85(90)72-68-64-60-56-52-48-43-34-31-27-23-19-15-11-7-3)76-96-83(88)70-66-62-58-54-51-47-45-42-40-38-36-33-30-26-22-18-14-10-6-2/h11,15,20-27,32-36,39-43,52,56,64,68,79-81,86H,5-10,12-14,16-19,28-31,37-38,44-51,53-55,57-63,65-67,69-78H2,1-4H3,(H,91,92)(H,93,94)/b15-11-,24-20-,25-21-,26-22-,27-23-,35-32-,36-33-,41-39-,42-40-,43-34-,56-52-,68-64-. The minimum atomic E-state index is -5.01. The van der Waals surface area contributed by atoms with Gasteiger partial charge in [0.1, 0.15) is 19.3 Å². The predicted octanol–water partition coefficient (Wildman–Crippen LogP) is 23.4. The van der Waals surface area contributed by atoms with Gasteiger partial charge in [-0.1, -0.05) is 283 Å². The first kappa shape index (κ1) is 98.9. The first-order chi connectivity index (χ1) is 50.7. The Morgan fingerprint density at radius 1 is 0.288 bits per heavy atom. The Kier molecular flexibility index (Phi) is 72.4. The zero-order valence-corrected chi connectivity index (χ0v) is 66.7. The van der Waals surface area contributed by atoms with Crippen LogP contribution in [0.15, 0.2) is 146 Å². The lowest BCUT2D eigenvalue weighted by Gasteiger charge is -2.21. The van der Waals surface area contributed by atoms with E-state index in [1.54, 1.807) is 12.2 Å². The van der Waals surface area contributed by atoms with Crippen LogP contribution < -0.4 is 0 Å². The van der Waals surface area contributed by atoms with Crippen molar-refractivity contribution in [1.29, 1.82) is 0 Å². The molecule has 0 radical (unpaired) electrons. The van der Waals surface area contributed by atoms with Gasteiger partial charge in [0.2, 0.25) is 0 Å². The van der Waals surface area contributed by atoms with E-state index in [4.69, 9.17) is 37.0 Å². The molecule has 5 unspecified atom stereocenters. The lowest BCUT2D eigenvalue weighted by Crippen LogP contribution is -2.30. The minimum Gasteiger partial charge on any atom is -0.462 e. The van der Waals surface area contributed by atoms with E-state index in [1.165, 1.54) is 51.4 Å². The highest BCUT2D eigenvalue weighted by Crippen LogP contribution is 2.45. The molecule has 17 nitrogen and oxygen atoms in total. The molecule has 3 N–H and O–H groups in total. The number of aliphatic hydroxyl groups excluding tert-OH is 1. The van der Waals surface area contributed by atoms with Gasteiger partial charge in [0.05, 0.1) is 32.8 Å². The van der Waals surface area contributed by atoms with Gasteiger partial charge >= 0.3 is 39.5 Å². The van der Waals surface area contributed by atoms with E-state index in [0.29, 0.717) is 25.7 Å². The average Bonchev–Trinajstić information content (AvgIpc) is 0.924. The van der Waals surface area contributed by atoms with Crippen molar-refractivity contribution >= 4 is 39.5 Å². The van der Waals surface area contributed by atoms with Crippen molar-refractivity contribution in [3.8, 4) is 0 Å². The highest BCUT2D eigenvalue weighted by molar-refractivity contribution is 7.47. The Morgan fingerprint density at radius 2 is 0.548 bits per heavy atom. The van der Waals surface area contributed by atoms with Crippen molar-refractivity contribution < 1.29 is 80.2 Å². The second kappa shape index (κ2) is 76.1. The van der Waals surface area contributed by atoms with E-state index >= 15 is 0 Å². The first-order valence-corrected chi connectivity index (χ1v) is 43.1. The van der Waals surface area contributed by atoms with Crippen LogP contribution in [0.1, 0.15) is 310 Å². The van der Waals surface area contributed by atoms with Crippen LogP contribution in [0.4, 0.5) is 0 Å². The summed E-state index contributed by atoms with van der Waals surface area (Å²) in [5, 5.41) is 10.6. The third-order valence-corrected chi connectivity index (χ3v) is 18.2. The molecular formula is C85H142O17P2. The number of aliphatic hydroxyl groups is 1. The number of rotatable bonds is 74. The van der Waals surface area contributed by atoms with Crippen LogP contribution in [0.3, 0.4) is 0 Å². The maximum atomic E-state index is 13.1. The Morgan fingerprint density at radius 3 is 0.894 bits per heavy atom. The van der Waals surface area contributed by atoms with Crippen LogP contribution in [0.5, 0.6) is 0 Å². The van der Waals surface area contributed by atoms with Crippen molar-refractivity contribution in [2.24, 2.45) is 0 Å². The molecule has 0 amide bonds. The summed E-state index contributed by atoms with van der Waals surface area (Å²) < 4.78 is 68.4. The third-order valence-electron chi connectivity index (χ3n) is 16.3. The summed E-state index contributed by atoms with van der Waals surface area (Å²) in [5.74, 6) is -2.37. The number of carbonyl (C=O) groups is 4. The molecule has 0 aromatic rings. The minimum absolute atomic E-state index is 0.0753. The van der Waals surface area contributed by atoms with Gasteiger partial charge in [0, 0.05) is 19.3 Å². The highest BCUT2D eigenvalue weighted by atomic mass is 31.2. The predicted molar refractivity (Wildman–Crippen MR) is 427 cm³/mol. The molecule has 19 heteroatoms. The van der Waals surface area contributed by atoms with Crippen LogP contribution in [-0.2, 0) is 65.4 Å². The second-order valence-electron chi connectivity index (χ2n) is 26.3. The lowest BCUT2D eigenvalue weighted by atomic mass is 10.1. The second-order valence-corrected chi connectivity index (χ2v) is 29.2. The summed E-state index contributed by atoms with van der Waals surface area (Å²) in [4.78, 5) is 72.9. The number of hydrogen-bond donors (Lipinski definition) is 3. The van der Waals surface area contributed by atoms with Crippen molar-refractivity contribution in [2.45, 2.75) is 329 Å². The normalized spacial score (nSPS) is 14.6. The van der Waals surface area contributed by atoms with E-state index in [2.05, 4.69) is 149 Å². The molecule has 594 valence electrons. The van der Waals surface area contributed by atoms with Gasteiger partial charge in [-0.2, -0.15) is 0 Å². The summed E-state index contributed by atoms with van der Waals surface area (Å²) in [6, 6.07) is 0. The molecule has 0 aliphatic heterocycles. The molecule has 0 aromatic carbocycles. The number of carbonyl (C=O) groups excluding carboxylic acids is 4. The Hall–Kier alpha value is -5.06. The van der Waals surface area contributed by atoms with Crippen molar-refractivity contribution in [3.05, 3.63) is 146 Å². The third kappa shape index (κ3) is 75.2. The molecule has 0 rings (SSSR count). The zero-order valence-electron chi connectivity index (χ0n) is 64.9. The van der Waals surface area contributed by atoms with Gasteiger partial charge in [-0.15, -0.1) is 0 Å². The van der Waals surface area contributed by atoms with Crippen molar-refractivity contribution in [1.82, 2.24) is 0 Å². The fourth-order valence-corrected chi connectivity index (χ4v) is 11.8. The highest BCUT2D eigenvalue weighted by Gasteiger charge is 2.30. The van der Waals surface area contributed by atoms with Crippen LogP contribution in [-0.4, -0.2) is 96.7 Å².